The van der Waals surface area contributed by atoms with Gasteiger partial charge in [0, 0.05) is 17.6 Å². The maximum atomic E-state index is 13.0. The van der Waals surface area contributed by atoms with Gasteiger partial charge in [0.15, 0.2) is 19.7 Å². The predicted molar refractivity (Wildman–Crippen MR) is 105 cm³/mol. The molecule has 9 heteroatoms. The third kappa shape index (κ3) is 4.63. The number of halogens is 1. The van der Waals surface area contributed by atoms with E-state index >= 15 is 0 Å². The minimum absolute atomic E-state index is 0.0743. The summed E-state index contributed by atoms with van der Waals surface area (Å²) < 4.78 is 55.3. The number of sulfone groups is 2. The largest absolute Gasteiger partial charge is 0.497 e. The van der Waals surface area contributed by atoms with Gasteiger partial charge in [0.1, 0.15) is 5.75 Å². The number of hydrogen-bond donors (Lipinski definition) is 1. The zero-order valence-electron chi connectivity index (χ0n) is 14.6. The van der Waals surface area contributed by atoms with Crippen LogP contribution in [0, 0.1) is 0 Å². The summed E-state index contributed by atoms with van der Waals surface area (Å²) in [7, 11) is -5.69. The summed E-state index contributed by atoms with van der Waals surface area (Å²) in [6, 6.07) is 12.4. The van der Waals surface area contributed by atoms with Gasteiger partial charge in [-0.25, -0.2) is 16.8 Å². The van der Waals surface area contributed by atoms with Crippen molar-refractivity contribution in [3.05, 3.63) is 59.1 Å². The first-order valence-corrected chi connectivity index (χ1v) is 12.0. The van der Waals surface area contributed by atoms with Crippen LogP contribution in [0.5, 0.6) is 5.75 Å². The van der Waals surface area contributed by atoms with Gasteiger partial charge >= 0.3 is 0 Å². The first kappa shape index (κ1) is 20.1. The van der Waals surface area contributed by atoms with Gasteiger partial charge in [-0.1, -0.05) is 23.7 Å². The lowest BCUT2D eigenvalue weighted by molar-refractivity contribution is 0.414. The van der Waals surface area contributed by atoms with E-state index in [1.54, 1.807) is 19.2 Å². The topological polar surface area (TPSA) is 89.5 Å². The van der Waals surface area contributed by atoms with Crippen LogP contribution >= 0.6 is 11.6 Å². The highest BCUT2D eigenvalue weighted by molar-refractivity contribution is 7.96. The molecule has 0 aromatic heterocycles. The Morgan fingerprint density at radius 2 is 1.70 bits per heavy atom. The second-order valence-electron chi connectivity index (χ2n) is 6.45. The molecule has 2 unspecified atom stereocenters. The van der Waals surface area contributed by atoms with Crippen LogP contribution in [-0.2, 0) is 26.2 Å². The van der Waals surface area contributed by atoms with E-state index in [2.05, 4.69) is 5.32 Å². The lowest BCUT2D eigenvalue weighted by Gasteiger charge is -2.20. The van der Waals surface area contributed by atoms with Gasteiger partial charge in [-0.3, -0.25) is 0 Å². The molecule has 6 nitrogen and oxygen atoms in total. The zero-order valence-corrected chi connectivity index (χ0v) is 17.0. The average Bonchev–Trinajstić information content (AvgIpc) is 2.96. The molecule has 0 amide bonds. The SMILES string of the molecule is COc1ccc(CNC2CS(=O)(=O)CC2S(=O)(=O)c2ccc(Cl)cc2)cc1. The Hall–Kier alpha value is -1.61. The summed E-state index contributed by atoms with van der Waals surface area (Å²) in [4.78, 5) is 0.0743. The van der Waals surface area contributed by atoms with E-state index in [-0.39, 0.29) is 10.6 Å². The molecule has 1 aliphatic rings. The van der Waals surface area contributed by atoms with Crippen molar-refractivity contribution < 1.29 is 21.6 Å². The quantitative estimate of drug-likeness (QED) is 0.756. The number of nitrogens with one attached hydrogen (secondary N) is 1. The summed E-state index contributed by atoms with van der Waals surface area (Å²) in [6.07, 6.45) is 0. The molecule has 1 fully saturated rings. The van der Waals surface area contributed by atoms with Gasteiger partial charge in [0.2, 0.25) is 0 Å². The van der Waals surface area contributed by atoms with E-state index in [1.807, 2.05) is 12.1 Å². The summed E-state index contributed by atoms with van der Waals surface area (Å²) >= 11 is 5.82. The average molecular weight is 430 g/mol. The van der Waals surface area contributed by atoms with Gasteiger partial charge in [-0.15, -0.1) is 0 Å². The molecule has 0 radical (unpaired) electrons. The van der Waals surface area contributed by atoms with E-state index < -0.39 is 36.7 Å². The first-order chi connectivity index (χ1) is 12.7. The van der Waals surface area contributed by atoms with Crippen LogP contribution < -0.4 is 10.1 Å². The summed E-state index contributed by atoms with van der Waals surface area (Å²) in [5.74, 6) is 0.115. The molecule has 2 aromatic carbocycles. The molecule has 0 saturated carbocycles. The zero-order chi connectivity index (χ0) is 19.7. The molecule has 1 N–H and O–H groups in total. The number of ether oxygens (including phenoxy) is 1. The molecular weight excluding hydrogens is 410 g/mol. The molecule has 27 heavy (non-hydrogen) atoms. The Labute approximate surface area is 164 Å². The Bertz CT molecular complexity index is 1000. The van der Waals surface area contributed by atoms with Crippen LogP contribution in [0.1, 0.15) is 5.56 Å². The maximum absolute atomic E-state index is 13.0. The van der Waals surface area contributed by atoms with Crippen molar-refractivity contribution >= 4 is 31.3 Å². The molecule has 0 aliphatic carbocycles. The van der Waals surface area contributed by atoms with Crippen LogP contribution in [0.25, 0.3) is 0 Å². The van der Waals surface area contributed by atoms with Crippen molar-refractivity contribution in [2.45, 2.75) is 22.7 Å². The Kier molecular flexibility index (Phi) is 5.81. The molecule has 0 bridgehead atoms. The van der Waals surface area contributed by atoms with E-state index in [4.69, 9.17) is 16.3 Å². The molecule has 1 saturated heterocycles. The van der Waals surface area contributed by atoms with E-state index in [1.165, 1.54) is 24.3 Å². The molecule has 0 spiro atoms. The minimum Gasteiger partial charge on any atom is -0.497 e. The number of hydrogen-bond acceptors (Lipinski definition) is 6. The molecule has 1 heterocycles. The normalized spacial score (nSPS) is 21.9. The van der Waals surface area contributed by atoms with Crippen molar-refractivity contribution in [1.82, 2.24) is 5.32 Å². The third-order valence-electron chi connectivity index (χ3n) is 4.57. The minimum atomic E-state index is -3.81. The molecule has 2 aromatic rings. The number of rotatable bonds is 6. The fourth-order valence-corrected chi connectivity index (χ4v) is 7.95. The standard InChI is InChI=1S/C18H20ClNO5S2/c1-25-15-6-2-13(3-7-15)10-20-17-11-26(21,22)12-18(17)27(23,24)16-8-4-14(19)5-9-16/h2-9,17-18,20H,10-12H2,1H3. The number of methoxy groups -OCH3 is 1. The lowest BCUT2D eigenvalue weighted by Crippen LogP contribution is -2.43. The van der Waals surface area contributed by atoms with Crippen LogP contribution in [0.4, 0.5) is 0 Å². The highest BCUT2D eigenvalue weighted by Crippen LogP contribution is 2.27. The maximum Gasteiger partial charge on any atom is 0.183 e. The van der Waals surface area contributed by atoms with Crippen LogP contribution in [0.3, 0.4) is 0 Å². The van der Waals surface area contributed by atoms with Gasteiger partial charge < -0.3 is 10.1 Å². The summed E-state index contributed by atoms with van der Waals surface area (Å²) in [5, 5.41) is 2.48. The van der Waals surface area contributed by atoms with Gasteiger partial charge in [-0.2, -0.15) is 0 Å². The fraction of sp³-hybridized carbons (Fsp3) is 0.333. The van der Waals surface area contributed by atoms with Crippen molar-refractivity contribution in [1.29, 1.82) is 0 Å². The molecule has 1 aliphatic heterocycles. The Balaban J connectivity index is 1.81. The smallest absolute Gasteiger partial charge is 0.183 e. The van der Waals surface area contributed by atoms with Gasteiger partial charge in [0.25, 0.3) is 0 Å². The second kappa shape index (κ2) is 7.79. The van der Waals surface area contributed by atoms with Crippen molar-refractivity contribution in [2.24, 2.45) is 0 Å². The van der Waals surface area contributed by atoms with Gasteiger partial charge in [-0.05, 0) is 42.0 Å². The Morgan fingerprint density at radius 3 is 2.30 bits per heavy atom. The summed E-state index contributed by atoms with van der Waals surface area (Å²) in [5.41, 5.74) is 0.905. The second-order valence-corrected chi connectivity index (χ2v) is 11.2. The predicted octanol–water partition coefficient (Wildman–Crippen LogP) is 2.08. The van der Waals surface area contributed by atoms with Gasteiger partial charge in [0.05, 0.1) is 28.8 Å². The lowest BCUT2D eigenvalue weighted by atomic mass is 10.2. The van der Waals surface area contributed by atoms with E-state index in [0.29, 0.717) is 17.3 Å². The fourth-order valence-electron chi connectivity index (χ4n) is 3.10. The highest BCUT2D eigenvalue weighted by Gasteiger charge is 2.45. The van der Waals surface area contributed by atoms with Crippen molar-refractivity contribution in [2.75, 3.05) is 18.6 Å². The van der Waals surface area contributed by atoms with Crippen molar-refractivity contribution in [3.8, 4) is 5.75 Å². The van der Waals surface area contributed by atoms with E-state index in [9.17, 15) is 16.8 Å². The summed E-state index contributed by atoms with van der Waals surface area (Å²) in [6.45, 7) is 0.358. The molecular formula is C18H20ClNO5S2. The van der Waals surface area contributed by atoms with E-state index in [0.717, 1.165) is 5.56 Å². The van der Waals surface area contributed by atoms with Crippen LogP contribution in [0.2, 0.25) is 5.02 Å². The molecule has 2 atom stereocenters. The number of benzene rings is 2. The monoisotopic (exact) mass is 429 g/mol. The van der Waals surface area contributed by atoms with Crippen LogP contribution in [0.15, 0.2) is 53.4 Å². The van der Waals surface area contributed by atoms with Crippen molar-refractivity contribution in [3.63, 3.8) is 0 Å². The Morgan fingerprint density at radius 1 is 1.07 bits per heavy atom. The third-order valence-corrected chi connectivity index (χ3v) is 8.99. The molecule has 3 rings (SSSR count). The molecule has 146 valence electrons. The first-order valence-electron chi connectivity index (χ1n) is 8.27. The van der Waals surface area contributed by atoms with Crippen LogP contribution in [-0.4, -0.2) is 46.7 Å². The highest BCUT2D eigenvalue weighted by atomic mass is 35.5.